The molecule has 6 nitrogen and oxygen atoms in total. The summed E-state index contributed by atoms with van der Waals surface area (Å²) in [5, 5.41) is 11.9. The Morgan fingerprint density at radius 3 is 2.76 bits per heavy atom. The van der Waals surface area contributed by atoms with Crippen molar-refractivity contribution in [2.24, 2.45) is 0 Å². The van der Waals surface area contributed by atoms with E-state index in [1.165, 1.54) is 0 Å². The number of carbonyl (C=O) groups excluding carboxylic acids is 1. The second-order valence-corrected chi connectivity index (χ2v) is 5.46. The first-order valence-electron chi connectivity index (χ1n) is 7.38. The molecule has 0 spiro atoms. The first kappa shape index (κ1) is 17.5. The number of nitrogens with zero attached hydrogens (tertiary/aromatic N) is 3. The minimum absolute atomic E-state index is 0.161. The number of carbonyl (C=O) groups is 1. The quantitative estimate of drug-likeness (QED) is 0.422. The van der Waals surface area contributed by atoms with Crippen LogP contribution < -0.4 is 5.32 Å². The number of amides is 1. The average molecular weight is 294 g/mol. The molecule has 6 heteroatoms. The van der Waals surface area contributed by atoms with Gasteiger partial charge in [0.05, 0.1) is 0 Å². The van der Waals surface area contributed by atoms with Crippen LogP contribution >= 0.6 is 0 Å². The largest absolute Gasteiger partial charge is 0.385 e. The number of ether oxygens (including phenoxy) is 1. The maximum atomic E-state index is 11.9. The van der Waals surface area contributed by atoms with Crippen molar-refractivity contribution in [3.05, 3.63) is 11.8 Å². The average Bonchev–Trinajstić information content (AvgIpc) is 2.49. The zero-order valence-corrected chi connectivity index (χ0v) is 13.3. The zero-order chi connectivity index (χ0) is 15.7. The summed E-state index contributed by atoms with van der Waals surface area (Å²) >= 11 is 0. The summed E-state index contributed by atoms with van der Waals surface area (Å²) in [6.45, 7) is 3.22. The zero-order valence-electron chi connectivity index (χ0n) is 13.3. The third-order valence-electron chi connectivity index (χ3n) is 3.77. The summed E-state index contributed by atoms with van der Waals surface area (Å²) in [6.07, 6.45) is 4.52. The predicted molar refractivity (Wildman–Crippen MR) is 81.5 cm³/mol. The van der Waals surface area contributed by atoms with Gasteiger partial charge in [0, 0.05) is 39.6 Å². The van der Waals surface area contributed by atoms with Gasteiger partial charge in [-0.05, 0) is 39.4 Å². The van der Waals surface area contributed by atoms with E-state index in [1.807, 2.05) is 18.0 Å². The van der Waals surface area contributed by atoms with Crippen molar-refractivity contribution >= 4 is 5.91 Å². The highest BCUT2D eigenvalue weighted by Crippen LogP contribution is 2.15. The standard InChI is InChI=1S/C15H26N4O2/c1-18-8-5-14(6-9-18)19(2)12-13(11-16)15(20)17-7-4-10-21-3/h12,14H,4-10H2,1-3H3,(H,17,20)/b13-12-. The van der Waals surface area contributed by atoms with Crippen molar-refractivity contribution in [3.63, 3.8) is 0 Å². The van der Waals surface area contributed by atoms with Gasteiger partial charge in [0.25, 0.3) is 5.91 Å². The van der Waals surface area contributed by atoms with E-state index in [1.54, 1.807) is 13.3 Å². The van der Waals surface area contributed by atoms with Crippen LogP contribution in [0, 0.1) is 11.3 Å². The lowest BCUT2D eigenvalue weighted by atomic mass is 10.0. The van der Waals surface area contributed by atoms with Gasteiger partial charge in [-0.2, -0.15) is 5.26 Å². The minimum atomic E-state index is -0.312. The number of hydrogen-bond acceptors (Lipinski definition) is 5. The van der Waals surface area contributed by atoms with E-state index in [2.05, 4.69) is 17.3 Å². The van der Waals surface area contributed by atoms with E-state index in [4.69, 9.17) is 10.00 Å². The number of nitriles is 1. The van der Waals surface area contributed by atoms with E-state index in [-0.39, 0.29) is 11.5 Å². The number of likely N-dealkylation sites (tertiary alicyclic amines) is 1. The number of nitrogens with one attached hydrogen (secondary N) is 1. The monoisotopic (exact) mass is 294 g/mol. The summed E-state index contributed by atoms with van der Waals surface area (Å²) in [5.74, 6) is -0.312. The van der Waals surface area contributed by atoms with Gasteiger partial charge in [-0.3, -0.25) is 4.79 Å². The van der Waals surface area contributed by atoms with Crippen LogP contribution in [0.1, 0.15) is 19.3 Å². The number of piperidine rings is 1. The second-order valence-electron chi connectivity index (χ2n) is 5.46. The van der Waals surface area contributed by atoms with E-state index in [0.29, 0.717) is 19.2 Å². The molecule has 1 fully saturated rings. The predicted octanol–water partition coefficient (Wildman–Crippen LogP) is 0.573. The number of hydrogen-bond donors (Lipinski definition) is 1. The van der Waals surface area contributed by atoms with Crippen molar-refractivity contribution in [2.75, 3.05) is 47.4 Å². The Labute approximate surface area is 127 Å². The molecule has 1 rings (SSSR count). The molecule has 0 aromatic heterocycles. The molecular weight excluding hydrogens is 268 g/mol. The summed E-state index contributed by atoms with van der Waals surface area (Å²) in [4.78, 5) is 16.2. The number of rotatable bonds is 7. The fraction of sp³-hybridized carbons (Fsp3) is 0.733. The van der Waals surface area contributed by atoms with Crippen LogP contribution in [-0.2, 0) is 9.53 Å². The van der Waals surface area contributed by atoms with E-state index in [0.717, 1.165) is 32.4 Å². The van der Waals surface area contributed by atoms with Crippen LogP contribution in [0.4, 0.5) is 0 Å². The molecular formula is C15H26N4O2. The molecule has 1 aliphatic heterocycles. The van der Waals surface area contributed by atoms with Gasteiger partial charge >= 0.3 is 0 Å². The van der Waals surface area contributed by atoms with Gasteiger partial charge in [-0.1, -0.05) is 0 Å². The van der Waals surface area contributed by atoms with Crippen molar-refractivity contribution in [2.45, 2.75) is 25.3 Å². The van der Waals surface area contributed by atoms with Gasteiger partial charge in [0.2, 0.25) is 0 Å². The van der Waals surface area contributed by atoms with E-state index >= 15 is 0 Å². The van der Waals surface area contributed by atoms with E-state index in [9.17, 15) is 4.79 Å². The fourth-order valence-corrected chi connectivity index (χ4v) is 2.36. The Hall–Kier alpha value is -1.58. The summed E-state index contributed by atoms with van der Waals surface area (Å²) in [5.41, 5.74) is 0.161. The molecule has 0 aliphatic carbocycles. The lowest BCUT2D eigenvalue weighted by molar-refractivity contribution is -0.117. The molecule has 21 heavy (non-hydrogen) atoms. The Bertz CT molecular complexity index is 395. The highest BCUT2D eigenvalue weighted by Gasteiger charge is 2.20. The Morgan fingerprint density at radius 2 is 2.19 bits per heavy atom. The van der Waals surface area contributed by atoms with Crippen molar-refractivity contribution < 1.29 is 9.53 Å². The van der Waals surface area contributed by atoms with Gasteiger partial charge in [0.1, 0.15) is 11.6 Å². The van der Waals surface area contributed by atoms with Gasteiger partial charge in [0.15, 0.2) is 0 Å². The van der Waals surface area contributed by atoms with Crippen molar-refractivity contribution in [1.29, 1.82) is 5.26 Å². The van der Waals surface area contributed by atoms with Crippen LogP contribution in [0.3, 0.4) is 0 Å². The third-order valence-corrected chi connectivity index (χ3v) is 3.77. The molecule has 0 unspecified atom stereocenters. The van der Waals surface area contributed by atoms with Gasteiger partial charge in [-0.25, -0.2) is 0 Å². The SMILES string of the molecule is COCCCNC(=O)/C(C#N)=C\N(C)C1CCN(C)CC1. The van der Waals surface area contributed by atoms with Crippen LogP contribution in [0.5, 0.6) is 0 Å². The summed E-state index contributed by atoms with van der Waals surface area (Å²) in [7, 11) is 5.67. The number of methoxy groups -OCH3 is 1. The molecule has 0 aromatic rings. The Balaban J connectivity index is 2.49. The molecule has 1 saturated heterocycles. The third kappa shape index (κ3) is 6.15. The molecule has 0 saturated carbocycles. The first-order valence-corrected chi connectivity index (χ1v) is 7.38. The van der Waals surface area contributed by atoms with Crippen molar-refractivity contribution in [3.8, 4) is 6.07 Å². The molecule has 1 aliphatic rings. The topological polar surface area (TPSA) is 68.6 Å². The fourth-order valence-electron chi connectivity index (χ4n) is 2.36. The molecule has 118 valence electrons. The highest BCUT2D eigenvalue weighted by atomic mass is 16.5. The molecule has 0 radical (unpaired) electrons. The second kappa shape index (κ2) is 9.37. The smallest absolute Gasteiger partial charge is 0.263 e. The normalized spacial score (nSPS) is 17.3. The van der Waals surface area contributed by atoms with Gasteiger partial charge in [-0.15, -0.1) is 0 Å². The maximum absolute atomic E-state index is 11.9. The highest BCUT2D eigenvalue weighted by molar-refractivity contribution is 5.97. The summed E-state index contributed by atoms with van der Waals surface area (Å²) < 4.78 is 4.92. The van der Waals surface area contributed by atoms with Crippen LogP contribution in [0.15, 0.2) is 11.8 Å². The Morgan fingerprint density at radius 1 is 1.52 bits per heavy atom. The van der Waals surface area contributed by atoms with Crippen LogP contribution in [-0.4, -0.2) is 69.2 Å². The molecule has 0 bridgehead atoms. The lowest BCUT2D eigenvalue weighted by Gasteiger charge is -2.34. The molecule has 0 atom stereocenters. The first-order chi connectivity index (χ1) is 10.1. The van der Waals surface area contributed by atoms with Crippen LogP contribution in [0.25, 0.3) is 0 Å². The molecule has 0 aromatic carbocycles. The minimum Gasteiger partial charge on any atom is -0.385 e. The lowest BCUT2D eigenvalue weighted by Crippen LogP contribution is -2.40. The van der Waals surface area contributed by atoms with Crippen molar-refractivity contribution in [1.82, 2.24) is 15.1 Å². The van der Waals surface area contributed by atoms with Gasteiger partial charge < -0.3 is 19.9 Å². The molecule has 1 N–H and O–H groups in total. The summed E-state index contributed by atoms with van der Waals surface area (Å²) in [6, 6.07) is 2.38. The molecule has 1 heterocycles. The van der Waals surface area contributed by atoms with E-state index < -0.39 is 0 Å². The Kier molecular flexibility index (Phi) is 7.80. The maximum Gasteiger partial charge on any atom is 0.263 e. The molecule has 1 amide bonds. The van der Waals surface area contributed by atoms with Crippen LogP contribution in [0.2, 0.25) is 0 Å².